The molecule has 0 N–H and O–H groups in total. The molecule has 0 aromatic heterocycles. The first-order chi connectivity index (χ1) is 10.0. The molecule has 3 aliphatic rings. The maximum atomic E-state index is 2.58. The summed E-state index contributed by atoms with van der Waals surface area (Å²) in [6.45, 7) is 7.73. The Kier molecular flexibility index (Phi) is 3.16. The molecule has 1 aliphatic heterocycles. The van der Waals surface area contributed by atoms with Crippen LogP contribution < -0.4 is 5.19 Å². The van der Waals surface area contributed by atoms with E-state index in [0.29, 0.717) is 5.04 Å². The standard InChI is InChI=1S/C20H30Si/c1-20(2,3)21(19-14-15-10-11-17(19)13-15)12-6-8-16-7-4-5-9-18(16)21/h4-5,7,9,15,17,19H,6,8,10-14H2,1-3H3/t15?,17?,19?,21-/m0/s1. The van der Waals surface area contributed by atoms with E-state index in [-0.39, 0.29) is 0 Å². The second-order valence-electron chi connectivity index (χ2n) is 9.01. The monoisotopic (exact) mass is 298 g/mol. The number of rotatable bonds is 1. The highest BCUT2D eigenvalue weighted by molar-refractivity contribution is 6.95. The molecule has 2 bridgehead atoms. The van der Waals surface area contributed by atoms with Crippen LogP contribution in [0.15, 0.2) is 24.3 Å². The van der Waals surface area contributed by atoms with Crippen LogP contribution in [0.5, 0.6) is 0 Å². The van der Waals surface area contributed by atoms with Crippen molar-refractivity contribution in [1.29, 1.82) is 0 Å². The van der Waals surface area contributed by atoms with Gasteiger partial charge in [-0.1, -0.05) is 75.5 Å². The maximum absolute atomic E-state index is 2.58. The van der Waals surface area contributed by atoms with E-state index >= 15 is 0 Å². The number of hydrogen-bond acceptors (Lipinski definition) is 0. The van der Waals surface area contributed by atoms with Crippen LogP contribution >= 0.6 is 0 Å². The first kappa shape index (κ1) is 14.1. The molecule has 0 amide bonds. The van der Waals surface area contributed by atoms with Gasteiger partial charge in [-0.3, -0.25) is 0 Å². The van der Waals surface area contributed by atoms with E-state index in [0.717, 1.165) is 17.4 Å². The quantitative estimate of drug-likeness (QED) is 0.619. The summed E-state index contributed by atoms with van der Waals surface area (Å²) in [5, 5.41) is 2.37. The van der Waals surface area contributed by atoms with Gasteiger partial charge in [-0.25, -0.2) is 0 Å². The normalized spacial score (nSPS) is 38.5. The lowest BCUT2D eigenvalue weighted by atomic mass is 10.00. The van der Waals surface area contributed by atoms with E-state index in [4.69, 9.17) is 0 Å². The van der Waals surface area contributed by atoms with E-state index in [1.807, 2.05) is 5.19 Å². The second kappa shape index (κ2) is 4.71. The van der Waals surface area contributed by atoms with Crippen LogP contribution in [0.25, 0.3) is 0 Å². The maximum Gasteiger partial charge on any atom is 0.0957 e. The molecule has 21 heavy (non-hydrogen) atoms. The molecule has 0 spiro atoms. The SMILES string of the molecule is CC(C)(C)[Si@@]1(C2CC3CCC2C3)CCCc2ccccc21. The summed E-state index contributed by atoms with van der Waals surface area (Å²) >= 11 is 0. The van der Waals surface area contributed by atoms with E-state index in [1.165, 1.54) is 19.3 Å². The van der Waals surface area contributed by atoms with Crippen molar-refractivity contribution < 1.29 is 0 Å². The molecule has 1 aromatic carbocycles. The van der Waals surface area contributed by atoms with Gasteiger partial charge in [0.05, 0.1) is 8.07 Å². The zero-order chi connectivity index (χ0) is 14.7. The summed E-state index contributed by atoms with van der Waals surface area (Å²) in [4.78, 5) is 0. The fourth-order valence-corrected chi connectivity index (χ4v) is 13.9. The van der Waals surface area contributed by atoms with Crippen molar-refractivity contribution in [2.24, 2.45) is 11.8 Å². The molecule has 1 aromatic rings. The summed E-state index contributed by atoms with van der Waals surface area (Å²) < 4.78 is 0. The van der Waals surface area contributed by atoms with Gasteiger partial charge in [0, 0.05) is 0 Å². The van der Waals surface area contributed by atoms with Crippen molar-refractivity contribution in [3.63, 3.8) is 0 Å². The van der Waals surface area contributed by atoms with Gasteiger partial charge in [-0.2, -0.15) is 0 Å². The summed E-state index contributed by atoms with van der Waals surface area (Å²) in [6.07, 6.45) is 9.01. The fourth-order valence-electron chi connectivity index (χ4n) is 6.43. The molecule has 2 fully saturated rings. The van der Waals surface area contributed by atoms with Gasteiger partial charge in [0.15, 0.2) is 0 Å². The third-order valence-corrected chi connectivity index (χ3v) is 14.5. The zero-order valence-electron chi connectivity index (χ0n) is 14.0. The Balaban J connectivity index is 1.87. The Labute approximate surface area is 131 Å². The second-order valence-corrected chi connectivity index (χ2v) is 14.2. The predicted octanol–water partition coefficient (Wildman–Crippen LogP) is 5.28. The topological polar surface area (TPSA) is 0 Å². The lowest BCUT2D eigenvalue weighted by molar-refractivity contribution is 0.454. The zero-order valence-corrected chi connectivity index (χ0v) is 15.0. The minimum absolute atomic E-state index is 0.513. The number of benzene rings is 1. The molecule has 0 nitrogen and oxygen atoms in total. The Morgan fingerprint density at radius 3 is 2.52 bits per heavy atom. The molecule has 0 saturated heterocycles. The van der Waals surface area contributed by atoms with Gasteiger partial charge in [-0.15, -0.1) is 0 Å². The smallest absolute Gasteiger partial charge is 0.0627 e. The Hall–Kier alpha value is -0.563. The highest BCUT2D eigenvalue weighted by atomic mass is 28.3. The van der Waals surface area contributed by atoms with Crippen molar-refractivity contribution in [1.82, 2.24) is 0 Å². The minimum Gasteiger partial charge on any atom is -0.0627 e. The summed E-state index contributed by atoms with van der Waals surface area (Å²) in [6, 6.07) is 11.1. The Morgan fingerprint density at radius 2 is 1.86 bits per heavy atom. The highest BCUT2D eigenvalue weighted by Crippen LogP contribution is 2.62. The average molecular weight is 299 g/mol. The Bertz CT molecular complexity index is 541. The Morgan fingerprint density at radius 1 is 1.05 bits per heavy atom. The largest absolute Gasteiger partial charge is 0.0957 e. The number of aryl methyl sites for hydroxylation is 1. The first-order valence-electron chi connectivity index (χ1n) is 9.11. The van der Waals surface area contributed by atoms with Crippen molar-refractivity contribution in [3.05, 3.63) is 29.8 Å². The average Bonchev–Trinajstić information content (AvgIpc) is 3.08. The molecule has 1 heterocycles. The van der Waals surface area contributed by atoms with Crippen LogP contribution in [0, 0.1) is 11.8 Å². The molecule has 0 radical (unpaired) electrons. The lowest BCUT2D eigenvalue weighted by Crippen LogP contribution is -2.62. The summed E-state index contributed by atoms with van der Waals surface area (Å²) in [5.41, 5.74) is 2.80. The third-order valence-electron chi connectivity index (χ3n) is 7.22. The number of hydrogen-bond donors (Lipinski definition) is 0. The van der Waals surface area contributed by atoms with Gasteiger partial charge in [-0.05, 0) is 47.2 Å². The molecule has 4 atom stereocenters. The van der Waals surface area contributed by atoms with Crippen LogP contribution in [0.1, 0.15) is 58.4 Å². The fraction of sp³-hybridized carbons (Fsp3) is 0.700. The van der Waals surface area contributed by atoms with Crippen molar-refractivity contribution >= 4 is 13.3 Å². The van der Waals surface area contributed by atoms with Crippen LogP contribution in [-0.4, -0.2) is 8.07 Å². The molecule has 2 saturated carbocycles. The van der Waals surface area contributed by atoms with E-state index < -0.39 is 8.07 Å². The van der Waals surface area contributed by atoms with Gasteiger partial charge < -0.3 is 0 Å². The van der Waals surface area contributed by atoms with E-state index in [2.05, 4.69) is 45.0 Å². The van der Waals surface area contributed by atoms with Crippen molar-refractivity contribution in [2.45, 2.75) is 75.9 Å². The van der Waals surface area contributed by atoms with Crippen LogP contribution in [0.2, 0.25) is 16.6 Å². The van der Waals surface area contributed by atoms with Gasteiger partial charge in [0.1, 0.15) is 0 Å². The van der Waals surface area contributed by atoms with Crippen LogP contribution in [-0.2, 0) is 6.42 Å². The van der Waals surface area contributed by atoms with Gasteiger partial charge in [0.25, 0.3) is 0 Å². The molecule has 1 heteroatoms. The lowest BCUT2D eigenvalue weighted by Gasteiger charge is -2.53. The predicted molar refractivity (Wildman–Crippen MR) is 93.9 cm³/mol. The van der Waals surface area contributed by atoms with Gasteiger partial charge in [0.2, 0.25) is 0 Å². The minimum atomic E-state index is -1.43. The highest BCUT2D eigenvalue weighted by Gasteiger charge is 2.58. The van der Waals surface area contributed by atoms with Crippen LogP contribution in [0.4, 0.5) is 0 Å². The molecule has 4 rings (SSSR count). The van der Waals surface area contributed by atoms with Crippen molar-refractivity contribution in [3.8, 4) is 0 Å². The summed E-state index contributed by atoms with van der Waals surface area (Å²) in [7, 11) is -1.43. The third kappa shape index (κ3) is 1.92. The molecular formula is C20H30Si. The van der Waals surface area contributed by atoms with Crippen LogP contribution in [0.3, 0.4) is 0 Å². The molecular weight excluding hydrogens is 268 g/mol. The van der Waals surface area contributed by atoms with E-state index in [9.17, 15) is 0 Å². The van der Waals surface area contributed by atoms with E-state index in [1.54, 1.807) is 30.9 Å². The van der Waals surface area contributed by atoms with Crippen molar-refractivity contribution in [2.75, 3.05) is 0 Å². The first-order valence-corrected chi connectivity index (χ1v) is 11.4. The summed E-state index contributed by atoms with van der Waals surface area (Å²) in [5.74, 6) is 2.16. The number of fused-ring (bicyclic) bond motifs is 3. The molecule has 114 valence electrons. The van der Waals surface area contributed by atoms with Gasteiger partial charge >= 0.3 is 0 Å². The molecule has 3 unspecified atom stereocenters. The molecule has 2 aliphatic carbocycles.